The third-order valence-electron chi connectivity index (χ3n) is 5.91. The van der Waals surface area contributed by atoms with Crippen molar-refractivity contribution in [1.29, 1.82) is 0 Å². The second-order valence-corrected chi connectivity index (χ2v) is 7.81. The van der Waals surface area contributed by atoms with Gasteiger partial charge in [-0.15, -0.1) is 0 Å². The van der Waals surface area contributed by atoms with Crippen molar-refractivity contribution in [2.24, 2.45) is 0 Å². The summed E-state index contributed by atoms with van der Waals surface area (Å²) in [4.78, 5) is 19.0. The molecule has 2 aliphatic rings. The molecule has 4 heterocycles. The Bertz CT molecular complexity index is 1220. The van der Waals surface area contributed by atoms with Gasteiger partial charge in [-0.2, -0.15) is 10.1 Å². The first kappa shape index (κ1) is 17.2. The molecule has 1 fully saturated rings. The summed E-state index contributed by atoms with van der Waals surface area (Å²) >= 11 is 0. The van der Waals surface area contributed by atoms with Crippen LogP contribution in [-0.2, 0) is 17.6 Å². The van der Waals surface area contributed by atoms with Gasteiger partial charge in [0.05, 0.1) is 6.26 Å². The first-order valence-corrected chi connectivity index (χ1v) is 10.1. The van der Waals surface area contributed by atoms with Gasteiger partial charge in [0.25, 0.3) is 5.89 Å². The number of hydrogen-bond donors (Lipinski definition) is 1. The van der Waals surface area contributed by atoms with Gasteiger partial charge in [-0.05, 0) is 54.7 Å². The highest BCUT2D eigenvalue weighted by molar-refractivity contribution is 5.96. The lowest BCUT2D eigenvalue weighted by Gasteiger charge is -2.17. The Kier molecular flexibility index (Phi) is 3.83. The number of H-pyrrole nitrogens is 1. The summed E-state index contributed by atoms with van der Waals surface area (Å²) in [7, 11) is 0. The second kappa shape index (κ2) is 6.69. The molecule has 1 aliphatic carbocycles. The first-order chi connectivity index (χ1) is 14.7. The van der Waals surface area contributed by atoms with E-state index in [2.05, 4.69) is 32.5 Å². The van der Waals surface area contributed by atoms with Crippen molar-refractivity contribution in [2.45, 2.75) is 31.6 Å². The summed E-state index contributed by atoms with van der Waals surface area (Å²) in [5.74, 6) is 1.53. The number of carbonyl (C=O) groups is 1. The molecule has 1 unspecified atom stereocenters. The summed E-state index contributed by atoms with van der Waals surface area (Å²) in [5, 5.41) is 11.3. The van der Waals surface area contributed by atoms with Gasteiger partial charge in [0.1, 0.15) is 11.4 Å². The normalized spacial score (nSPS) is 18.3. The monoisotopic (exact) mass is 401 g/mol. The van der Waals surface area contributed by atoms with Crippen molar-refractivity contribution in [3.63, 3.8) is 0 Å². The number of hydrogen-bond acceptors (Lipinski definition) is 6. The number of benzene rings is 1. The van der Waals surface area contributed by atoms with Gasteiger partial charge >= 0.3 is 0 Å². The molecule has 6 rings (SSSR count). The van der Waals surface area contributed by atoms with Crippen LogP contribution in [0.15, 0.2) is 51.6 Å². The minimum atomic E-state index is -0.101. The molecule has 3 aromatic heterocycles. The van der Waals surface area contributed by atoms with Crippen LogP contribution in [0.25, 0.3) is 23.0 Å². The van der Waals surface area contributed by atoms with Gasteiger partial charge in [0, 0.05) is 30.6 Å². The lowest BCUT2D eigenvalue weighted by atomic mass is 10.1. The SMILES string of the molecule is O=C1CC(c2noc(-c3cc(-c4ccco4)n[nH]3)n2)CN1c1ccc2c(c1)CCC2. The van der Waals surface area contributed by atoms with Crippen LogP contribution in [0.5, 0.6) is 0 Å². The fraction of sp³-hybridized carbons (Fsp3) is 0.273. The molecule has 1 N–H and O–H groups in total. The smallest absolute Gasteiger partial charge is 0.275 e. The van der Waals surface area contributed by atoms with Crippen LogP contribution >= 0.6 is 0 Å². The molecule has 0 bridgehead atoms. The zero-order valence-corrected chi connectivity index (χ0v) is 16.2. The van der Waals surface area contributed by atoms with Crippen LogP contribution in [-0.4, -0.2) is 32.8 Å². The van der Waals surface area contributed by atoms with Crippen molar-refractivity contribution in [3.05, 3.63) is 59.6 Å². The van der Waals surface area contributed by atoms with Crippen LogP contribution in [0.1, 0.15) is 35.7 Å². The first-order valence-electron chi connectivity index (χ1n) is 10.1. The maximum Gasteiger partial charge on any atom is 0.275 e. The van der Waals surface area contributed by atoms with Crippen molar-refractivity contribution in [2.75, 3.05) is 11.4 Å². The van der Waals surface area contributed by atoms with E-state index in [1.165, 1.54) is 17.5 Å². The topological polar surface area (TPSA) is 101 Å². The highest BCUT2D eigenvalue weighted by Crippen LogP contribution is 2.34. The lowest BCUT2D eigenvalue weighted by molar-refractivity contribution is -0.117. The summed E-state index contributed by atoms with van der Waals surface area (Å²) in [6, 6.07) is 11.8. The van der Waals surface area contributed by atoms with Crippen LogP contribution < -0.4 is 4.90 Å². The molecule has 30 heavy (non-hydrogen) atoms. The number of nitrogens with one attached hydrogen (secondary N) is 1. The number of furan rings is 1. The Hall–Kier alpha value is -3.68. The zero-order valence-electron chi connectivity index (χ0n) is 16.2. The molecule has 8 heteroatoms. The van der Waals surface area contributed by atoms with Gasteiger partial charge in [0.15, 0.2) is 11.6 Å². The largest absolute Gasteiger partial charge is 0.463 e. The number of aryl methyl sites for hydroxylation is 2. The fourth-order valence-corrected chi connectivity index (χ4v) is 4.35. The Labute approximate surface area is 171 Å². The third-order valence-corrected chi connectivity index (χ3v) is 5.91. The van der Waals surface area contributed by atoms with Crippen LogP contribution in [0.2, 0.25) is 0 Å². The molecule has 1 aromatic carbocycles. The Balaban J connectivity index is 1.22. The molecule has 1 amide bonds. The number of anilines is 1. The third kappa shape index (κ3) is 2.83. The maximum atomic E-state index is 12.7. The van der Waals surface area contributed by atoms with Crippen LogP contribution in [0.4, 0.5) is 5.69 Å². The average molecular weight is 401 g/mol. The molecule has 0 saturated carbocycles. The molecule has 150 valence electrons. The molecule has 1 atom stereocenters. The van der Waals surface area contributed by atoms with E-state index in [4.69, 9.17) is 8.94 Å². The van der Waals surface area contributed by atoms with Crippen molar-refractivity contribution < 1.29 is 13.7 Å². The lowest BCUT2D eigenvalue weighted by Crippen LogP contribution is -2.24. The zero-order chi connectivity index (χ0) is 20.1. The fourth-order valence-electron chi connectivity index (χ4n) is 4.35. The summed E-state index contributed by atoms with van der Waals surface area (Å²) < 4.78 is 10.8. The van der Waals surface area contributed by atoms with E-state index >= 15 is 0 Å². The minimum Gasteiger partial charge on any atom is -0.463 e. The number of aromatic nitrogens is 4. The highest BCUT2D eigenvalue weighted by Gasteiger charge is 2.35. The average Bonchev–Trinajstić information content (AvgIpc) is 3.57. The van der Waals surface area contributed by atoms with Gasteiger partial charge in [-0.25, -0.2) is 0 Å². The van der Waals surface area contributed by atoms with E-state index in [1.807, 2.05) is 17.0 Å². The van der Waals surface area contributed by atoms with Crippen molar-refractivity contribution >= 4 is 11.6 Å². The number of rotatable bonds is 4. The Morgan fingerprint density at radius 3 is 2.97 bits per heavy atom. The van der Waals surface area contributed by atoms with E-state index in [9.17, 15) is 4.79 Å². The number of aromatic amines is 1. The van der Waals surface area contributed by atoms with Gasteiger partial charge in [-0.1, -0.05) is 11.2 Å². The van der Waals surface area contributed by atoms with E-state index in [0.29, 0.717) is 41.8 Å². The summed E-state index contributed by atoms with van der Waals surface area (Å²) in [6.45, 7) is 0.553. The number of nitrogens with zero attached hydrogens (tertiary/aromatic N) is 4. The van der Waals surface area contributed by atoms with Crippen LogP contribution in [0, 0.1) is 0 Å². The molecule has 1 aliphatic heterocycles. The van der Waals surface area contributed by atoms with E-state index in [1.54, 1.807) is 18.4 Å². The molecule has 0 radical (unpaired) electrons. The Morgan fingerprint density at radius 1 is 1.13 bits per heavy atom. The molecular formula is C22H19N5O3. The van der Waals surface area contributed by atoms with Crippen molar-refractivity contribution in [3.8, 4) is 23.0 Å². The van der Waals surface area contributed by atoms with E-state index in [-0.39, 0.29) is 11.8 Å². The number of fused-ring (bicyclic) bond motifs is 1. The predicted octanol–water partition coefficient (Wildman–Crippen LogP) is 3.73. The highest BCUT2D eigenvalue weighted by atomic mass is 16.5. The molecule has 4 aromatic rings. The predicted molar refractivity (Wildman–Crippen MR) is 108 cm³/mol. The minimum absolute atomic E-state index is 0.0888. The number of amides is 1. The second-order valence-electron chi connectivity index (χ2n) is 7.81. The van der Waals surface area contributed by atoms with Gasteiger partial charge < -0.3 is 13.8 Å². The molecular weight excluding hydrogens is 382 g/mol. The quantitative estimate of drug-likeness (QED) is 0.559. The summed E-state index contributed by atoms with van der Waals surface area (Å²) in [5.41, 5.74) is 4.99. The molecule has 0 spiro atoms. The van der Waals surface area contributed by atoms with Crippen LogP contribution in [0.3, 0.4) is 0 Å². The number of carbonyl (C=O) groups excluding carboxylic acids is 1. The molecule has 1 saturated heterocycles. The van der Waals surface area contributed by atoms with Crippen molar-refractivity contribution in [1.82, 2.24) is 20.3 Å². The van der Waals surface area contributed by atoms with E-state index in [0.717, 1.165) is 18.5 Å². The Morgan fingerprint density at radius 2 is 2.07 bits per heavy atom. The molecule has 8 nitrogen and oxygen atoms in total. The van der Waals surface area contributed by atoms with Gasteiger partial charge in [0.2, 0.25) is 5.91 Å². The standard InChI is InChI=1S/C22H19N5O3/c28-20-10-15(12-27(20)16-7-6-13-3-1-4-14(13)9-16)21-23-22(30-26-21)18-11-17(24-25-18)19-5-2-8-29-19/h2,5-9,11,15H,1,3-4,10,12H2,(H,24,25). The van der Waals surface area contributed by atoms with E-state index < -0.39 is 0 Å². The van der Waals surface area contributed by atoms with Gasteiger partial charge in [-0.3, -0.25) is 9.89 Å². The summed E-state index contributed by atoms with van der Waals surface area (Å²) in [6.07, 6.45) is 5.38. The maximum absolute atomic E-state index is 12.7.